The summed E-state index contributed by atoms with van der Waals surface area (Å²) in [5.41, 5.74) is 2.73. The molecule has 0 saturated heterocycles. The summed E-state index contributed by atoms with van der Waals surface area (Å²) >= 11 is 0. The van der Waals surface area contributed by atoms with Crippen molar-refractivity contribution >= 4 is 17.5 Å². The fourth-order valence-corrected chi connectivity index (χ4v) is 2.83. The average Bonchev–Trinajstić information content (AvgIpc) is 2.90. The lowest BCUT2D eigenvalue weighted by Gasteiger charge is -2.25. The van der Waals surface area contributed by atoms with Crippen LogP contribution in [0.25, 0.3) is 0 Å². The maximum Gasteiger partial charge on any atom is 0.266 e. The summed E-state index contributed by atoms with van der Waals surface area (Å²) in [5, 5.41) is 9.97. The number of carbonyl (C=O) groups is 2. The second-order valence-corrected chi connectivity index (χ2v) is 6.15. The Labute approximate surface area is 146 Å². The van der Waals surface area contributed by atoms with E-state index in [2.05, 4.69) is 15.7 Å². The number of para-hydroxylation sites is 2. The number of anilines is 1. The van der Waals surface area contributed by atoms with Crippen molar-refractivity contribution in [3.05, 3.63) is 41.7 Å². The maximum atomic E-state index is 12.1. The number of aromatic nitrogens is 2. The molecule has 25 heavy (non-hydrogen) atoms. The van der Waals surface area contributed by atoms with Gasteiger partial charge >= 0.3 is 0 Å². The Bertz CT molecular complexity index is 784. The molecule has 7 heteroatoms. The van der Waals surface area contributed by atoms with Gasteiger partial charge in [0, 0.05) is 18.8 Å². The van der Waals surface area contributed by atoms with Gasteiger partial charge in [-0.15, -0.1) is 0 Å². The van der Waals surface area contributed by atoms with Gasteiger partial charge in [0.25, 0.3) is 5.91 Å². The van der Waals surface area contributed by atoms with Gasteiger partial charge in [0.05, 0.1) is 17.8 Å². The van der Waals surface area contributed by atoms with Crippen LogP contribution in [0, 0.1) is 13.8 Å². The number of hydrogen-bond acceptors (Lipinski definition) is 4. The van der Waals surface area contributed by atoms with Crippen LogP contribution in [0.3, 0.4) is 0 Å². The first-order valence-electron chi connectivity index (χ1n) is 8.37. The van der Waals surface area contributed by atoms with Gasteiger partial charge in [0.1, 0.15) is 5.75 Å². The smallest absolute Gasteiger partial charge is 0.266 e. The van der Waals surface area contributed by atoms with E-state index < -0.39 is 6.10 Å². The van der Waals surface area contributed by atoms with Crippen LogP contribution in [0.15, 0.2) is 30.3 Å². The number of amides is 2. The molecule has 1 aliphatic rings. The minimum absolute atomic E-state index is 0.0000728. The zero-order valence-corrected chi connectivity index (χ0v) is 14.4. The zero-order valence-electron chi connectivity index (χ0n) is 14.4. The normalized spacial score (nSPS) is 15.9. The summed E-state index contributed by atoms with van der Waals surface area (Å²) < 4.78 is 7.55. The highest BCUT2D eigenvalue weighted by atomic mass is 16.5. The minimum Gasteiger partial charge on any atom is -0.478 e. The molecule has 0 aliphatic carbocycles. The molecule has 132 valence electrons. The van der Waals surface area contributed by atoms with Gasteiger partial charge in [0.2, 0.25) is 5.91 Å². The molecule has 1 atom stereocenters. The van der Waals surface area contributed by atoms with Crippen LogP contribution in [-0.4, -0.2) is 34.2 Å². The maximum absolute atomic E-state index is 12.1. The first-order valence-corrected chi connectivity index (χ1v) is 8.37. The van der Waals surface area contributed by atoms with E-state index in [-0.39, 0.29) is 18.2 Å². The van der Waals surface area contributed by atoms with Crippen LogP contribution in [0.4, 0.5) is 5.69 Å². The summed E-state index contributed by atoms with van der Waals surface area (Å²) in [7, 11) is 0. The third-order valence-corrected chi connectivity index (χ3v) is 4.05. The largest absolute Gasteiger partial charge is 0.478 e. The summed E-state index contributed by atoms with van der Waals surface area (Å²) in [6.45, 7) is 5.24. The Hall–Kier alpha value is -2.83. The third kappa shape index (κ3) is 4.17. The molecule has 0 bridgehead atoms. The average molecular weight is 342 g/mol. The first-order chi connectivity index (χ1) is 12.0. The van der Waals surface area contributed by atoms with Crippen LogP contribution in [-0.2, 0) is 16.1 Å². The Morgan fingerprint density at radius 1 is 1.36 bits per heavy atom. The van der Waals surface area contributed by atoms with Crippen molar-refractivity contribution in [2.24, 2.45) is 0 Å². The van der Waals surface area contributed by atoms with Crippen molar-refractivity contribution in [3.8, 4) is 5.75 Å². The molecule has 1 aromatic heterocycles. The highest BCUT2D eigenvalue weighted by Crippen LogP contribution is 2.29. The number of hydrogen-bond donors (Lipinski definition) is 2. The van der Waals surface area contributed by atoms with E-state index in [9.17, 15) is 9.59 Å². The summed E-state index contributed by atoms with van der Waals surface area (Å²) in [6, 6.07) is 9.21. The number of benzene rings is 1. The highest BCUT2D eigenvalue weighted by molar-refractivity contribution is 5.99. The SMILES string of the molecule is Cc1cc(C)n(CCCNC(=O)CC2Oc3ccccc3NC2=O)n1. The molecule has 2 aromatic rings. The minimum atomic E-state index is -0.800. The van der Waals surface area contributed by atoms with Gasteiger partial charge in [-0.1, -0.05) is 12.1 Å². The van der Waals surface area contributed by atoms with E-state index in [4.69, 9.17) is 4.74 Å². The molecule has 1 aliphatic heterocycles. The molecule has 0 saturated carbocycles. The quantitative estimate of drug-likeness (QED) is 0.784. The molecule has 1 unspecified atom stereocenters. The topological polar surface area (TPSA) is 85.3 Å². The van der Waals surface area contributed by atoms with Gasteiger partial charge in [-0.25, -0.2) is 0 Å². The van der Waals surface area contributed by atoms with Crippen molar-refractivity contribution < 1.29 is 14.3 Å². The molecule has 1 aromatic carbocycles. The Morgan fingerprint density at radius 2 is 2.16 bits per heavy atom. The number of ether oxygens (including phenoxy) is 1. The lowest BCUT2D eigenvalue weighted by Crippen LogP contribution is -2.41. The van der Waals surface area contributed by atoms with Gasteiger partial charge in [0.15, 0.2) is 6.10 Å². The second-order valence-electron chi connectivity index (χ2n) is 6.15. The van der Waals surface area contributed by atoms with Crippen molar-refractivity contribution in [3.63, 3.8) is 0 Å². The fourth-order valence-electron chi connectivity index (χ4n) is 2.83. The van der Waals surface area contributed by atoms with Gasteiger partial charge < -0.3 is 15.4 Å². The van der Waals surface area contributed by atoms with E-state index >= 15 is 0 Å². The Balaban J connectivity index is 1.43. The van der Waals surface area contributed by atoms with Crippen molar-refractivity contribution in [1.29, 1.82) is 0 Å². The number of nitrogens with zero attached hydrogens (tertiary/aromatic N) is 2. The van der Waals surface area contributed by atoms with Crippen molar-refractivity contribution in [1.82, 2.24) is 15.1 Å². The van der Waals surface area contributed by atoms with Crippen molar-refractivity contribution in [2.45, 2.75) is 39.3 Å². The van der Waals surface area contributed by atoms with Crippen molar-refractivity contribution in [2.75, 3.05) is 11.9 Å². The molecule has 2 heterocycles. The standard InChI is InChI=1S/C18H22N4O3/c1-12-10-13(2)22(21-12)9-5-8-19-17(23)11-16-18(24)20-14-6-3-4-7-15(14)25-16/h3-4,6-7,10,16H,5,8-9,11H2,1-2H3,(H,19,23)(H,20,24). The second kappa shape index (κ2) is 7.38. The number of rotatable bonds is 6. The Morgan fingerprint density at radius 3 is 2.92 bits per heavy atom. The molecule has 7 nitrogen and oxygen atoms in total. The van der Waals surface area contributed by atoms with E-state index in [1.165, 1.54) is 0 Å². The van der Waals surface area contributed by atoms with Crippen LogP contribution in [0.1, 0.15) is 24.2 Å². The monoisotopic (exact) mass is 342 g/mol. The molecule has 3 rings (SSSR count). The lowest BCUT2D eigenvalue weighted by molar-refractivity contribution is -0.130. The summed E-state index contributed by atoms with van der Waals surface area (Å²) in [6.07, 6.45) is -0.0279. The third-order valence-electron chi connectivity index (χ3n) is 4.05. The first kappa shape index (κ1) is 17.0. The van der Waals surface area contributed by atoms with Crippen LogP contribution < -0.4 is 15.4 Å². The molecule has 0 fully saturated rings. The predicted molar refractivity (Wildman–Crippen MR) is 93.4 cm³/mol. The molecular weight excluding hydrogens is 320 g/mol. The summed E-state index contributed by atoms with van der Waals surface area (Å²) in [4.78, 5) is 24.1. The predicted octanol–water partition coefficient (Wildman–Crippen LogP) is 1.80. The van der Waals surface area contributed by atoms with Gasteiger partial charge in [-0.05, 0) is 38.5 Å². The van der Waals surface area contributed by atoms with Crippen LogP contribution in [0.5, 0.6) is 5.75 Å². The van der Waals surface area contributed by atoms with E-state index in [0.717, 1.165) is 24.4 Å². The number of nitrogens with one attached hydrogen (secondary N) is 2. The zero-order chi connectivity index (χ0) is 17.8. The van der Waals surface area contributed by atoms with E-state index in [0.29, 0.717) is 18.0 Å². The molecule has 0 radical (unpaired) electrons. The summed E-state index contributed by atoms with van der Waals surface area (Å²) in [5.74, 6) is 0.0915. The van der Waals surface area contributed by atoms with Gasteiger partial charge in [-0.3, -0.25) is 14.3 Å². The lowest BCUT2D eigenvalue weighted by atomic mass is 10.1. The van der Waals surface area contributed by atoms with E-state index in [1.807, 2.05) is 36.7 Å². The number of carbonyl (C=O) groups excluding carboxylic acids is 2. The van der Waals surface area contributed by atoms with E-state index in [1.54, 1.807) is 12.1 Å². The number of fused-ring (bicyclic) bond motifs is 1. The molecule has 0 spiro atoms. The highest BCUT2D eigenvalue weighted by Gasteiger charge is 2.29. The Kier molecular flexibility index (Phi) is 5.02. The molecule has 2 amide bonds. The number of aryl methyl sites for hydroxylation is 3. The van der Waals surface area contributed by atoms with Gasteiger partial charge in [-0.2, -0.15) is 5.10 Å². The fraction of sp³-hybridized carbons (Fsp3) is 0.389. The van der Waals surface area contributed by atoms with Crippen LogP contribution in [0.2, 0.25) is 0 Å². The molecule has 2 N–H and O–H groups in total. The van der Waals surface area contributed by atoms with Crippen LogP contribution >= 0.6 is 0 Å². The molecular formula is C18H22N4O3.